The second kappa shape index (κ2) is 10.6. The molecule has 1 saturated heterocycles. The lowest BCUT2D eigenvalue weighted by atomic mass is 10.00. The fourth-order valence-electron chi connectivity index (χ4n) is 2.45. The lowest BCUT2D eigenvalue weighted by Crippen LogP contribution is -2.22. The Bertz CT molecular complexity index is 434. The van der Waals surface area contributed by atoms with Crippen LogP contribution in [0.15, 0.2) is 23.3 Å². The van der Waals surface area contributed by atoms with Gasteiger partial charge in [0.05, 0.1) is 6.61 Å². The minimum Gasteiger partial charge on any atom is -0.378 e. The molecule has 1 aliphatic rings. The summed E-state index contributed by atoms with van der Waals surface area (Å²) in [6, 6.07) is 0. The van der Waals surface area contributed by atoms with Crippen LogP contribution in [0.3, 0.4) is 0 Å². The van der Waals surface area contributed by atoms with Crippen molar-refractivity contribution in [1.82, 2.24) is 0 Å². The smallest absolute Gasteiger partial charge is 0.158 e. The predicted molar refractivity (Wildman–Crippen MR) is 95.0 cm³/mol. The van der Waals surface area contributed by atoms with E-state index in [2.05, 4.69) is 31.9 Å². The molecule has 1 heterocycles. The van der Waals surface area contributed by atoms with Gasteiger partial charge in [0.15, 0.2) is 6.29 Å². The van der Waals surface area contributed by atoms with Crippen molar-refractivity contribution < 1.29 is 14.6 Å². The summed E-state index contributed by atoms with van der Waals surface area (Å²) < 4.78 is 11.3. The summed E-state index contributed by atoms with van der Waals surface area (Å²) in [5.41, 5.74) is 1.59. The molecule has 0 saturated carbocycles. The number of rotatable bonds is 9. The van der Waals surface area contributed by atoms with Crippen molar-refractivity contribution >= 4 is 0 Å². The number of ether oxygens (including phenoxy) is 2. The fourth-order valence-corrected chi connectivity index (χ4v) is 2.45. The number of hydrogen-bond acceptors (Lipinski definition) is 3. The maximum absolute atomic E-state index is 9.75. The van der Waals surface area contributed by atoms with Crippen molar-refractivity contribution in [3.8, 4) is 12.3 Å². The lowest BCUT2D eigenvalue weighted by molar-refractivity contribution is -0.156. The van der Waals surface area contributed by atoms with E-state index >= 15 is 0 Å². The summed E-state index contributed by atoms with van der Waals surface area (Å²) in [7, 11) is 0. The van der Waals surface area contributed by atoms with Gasteiger partial charge < -0.3 is 14.6 Å². The minimum absolute atomic E-state index is 0.0160. The van der Waals surface area contributed by atoms with E-state index in [0.717, 1.165) is 38.7 Å². The zero-order valence-corrected chi connectivity index (χ0v) is 14.9. The first-order chi connectivity index (χ1) is 10.9. The SMILES string of the molecule is C#CC(C)(O)CCC=C(C)CCC=C(C)COC1CCCCO1. The molecule has 0 aliphatic carbocycles. The van der Waals surface area contributed by atoms with Crippen molar-refractivity contribution in [2.24, 2.45) is 0 Å². The van der Waals surface area contributed by atoms with Gasteiger partial charge in [0.1, 0.15) is 5.60 Å². The van der Waals surface area contributed by atoms with Gasteiger partial charge in [-0.1, -0.05) is 29.2 Å². The van der Waals surface area contributed by atoms with E-state index in [1.807, 2.05) is 0 Å². The molecule has 3 nitrogen and oxygen atoms in total. The highest BCUT2D eigenvalue weighted by Gasteiger charge is 2.14. The minimum atomic E-state index is -0.994. The quantitative estimate of drug-likeness (QED) is 0.506. The first-order valence-electron chi connectivity index (χ1n) is 8.67. The molecule has 130 valence electrons. The Balaban J connectivity index is 2.18. The fraction of sp³-hybridized carbons (Fsp3) is 0.700. The number of allylic oxidation sites excluding steroid dienone is 3. The second-order valence-electron chi connectivity index (χ2n) is 6.70. The molecule has 0 aromatic carbocycles. The molecule has 2 unspecified atom stereocenters. The standard InChI is InChI=1S/C20H32O3/c1-5-20(4,21)14-9-12-17(2)10-8-11-18(3)16-23-19-13-6-7-15-22-19/h1,11-12,19,21H,6-10,13-16H2,2-4H3. The first-order valence-corrected chi connectivity index (χ1v) is 8.67. The van der Waals surface area contributed by atoms with Crippen LogP contribution in [0.1, 0.15) is 65.7 Å². The summed E-state index contributed by atoms with van der Waals surface area (Å²) in [5.74, 6) is 2.41. The average molecular weight is 320 g/mol. The summed E-state index contributed by atoms with van der Waals surface area (Å²) in [5, 5.41) is 9.75. The largest absolute Gasteiger partial charge is 0.378 e. The monoisotopic (exact) mass is 320 g/mol. The molecule has 23 heavy (non-hydrogen) atoms. The van der Waals surface area contributed by atoms with Crippen LogP contribution in [0.2, 0.25) is 0 Å². The molecule has 0 aromatic rings. The first kappa shape index (κ1) is 20.0. The van der Waals surface area contributed by atoms with E-state index in [4.69, 9.17) is 15.9 Å². The Kier molecular flexibility index (Phi) is 9.24. The maximum Gasteiger partial charge on any atom is 0.158 e. The zero-order valence-electron chi connectivity index (χ0n) is 14.9. The molecule has 0 bridgehead atoms. The van der Waals surface area contributed by atoms with Gasteiger partial charge in [-0.25, -0.2) is 0 Å². The Morgan fingerprint density at radius 1 is 1.30 bits per heavy atom. The molecule has 0 radical (unpaired) electrons. The lowest BCUT2D eigenvalue weighted by Gasteiger charge is -2.22. The van der Waals surface area contributed by atoms with Gasteiger partial charge in [-0.15, -0.1) is 6.42 Å². The van der Waals surface area contributed by atoms with E-state index in [-0.39, 0.29) is 6.29 Å². The van der Waals surface area contributed by atoms with Crippen molar-refractivity contribution in [2.75, 3.05) is 13.2 Å². The van der Waals surface area contributed by atoms with Crippen LogP contribution in [0, 0.1) is 12.3 Å². The van der Waals surface area contributed by atoms with Gasteiger partial charge in [-0.3, -0.25) is 0 Å². The van der Waals surface area contributed by atoms with Crippen LogP contribution in [-0.2, 0) is 9.47 Å². The van der Waals surface area contributed by atoms with Crippen LogP contribution in [-0.4, -0.2) is 30.2 Å². The molecule has 0 spiro atoms. The molecular formula is C20H32O3. The highest BCUT2D eigenvalue weighted by molar-refractivity contribution is 5.07. The molecule has 1 N–H and O–H groups in total. The number of hydrogen-bond donors (Lipinski definition) is 1. The van der Waals surface area contributed by atoms with Crippen LogP contribution >= 0.6 is 0 Å². The van der Waals surface area contributed by atoms with Gasteiger partial charge in [0.2, 0.25) is 0 Å². The molecule has 3 heteroatoms. The topological polar surface area (TPSA) is 38.7 Å². The van der Waals surface area contributed by atoms with E-state index < -0.39 is 5.60 Å². The Morgan fingerprint density at radius 2 is 2.04 bits per heavy atom. The highest BCUT2D eigenvalue weighted by atomic mass is 16.7. The summed E-state index contributed by atoms with van der Waals surface area (Å²) in [4.78, 5) is 0. The Hall–Kier alpha value is -1.08. The van der Waals surface area contributed by atoms with Gasteiger partial charge in [0, 0.05) is 6.61 Å². The highest BCUT2D eigenvalue weighted by Crippen LogP contribution is 2.16. The van der Waals surface area contributed by atoms with Crippen molar-refractivity contribution in [2.45, 2.75) is 77.6 Å². The third-order valence-electron chi connectivity index (χ3n) is 4.10. The van der Waals surface area contributed by atoms with Crippen LogP contribution < -0.4 is 0 Å². The molecule has 1 aliphatic heterocycles. The molecule has 0 aromatic heterocycles. The Morgan fingerprint density at radius 3 is 2.70 bits per heavy atom. The van der Waals surface area contributed by atoms with Crippen molar-refractivity contribution in [1.29, 1.82) is 0 Å². The summed E-state index contributed by atoms with van der Waals surface area (Å²) in [6.45, 7) is 7.38. The molecule has 1 rings (SSSR count). The van der Waals surface area contributed by atoms with E-state index in [1.165, 1.54) is 17.6 Å². The number of aliphatic hydroxyl groups is 1. The van der Waals surface area contributed by atoms with Crippen molar-refractivity contribution in [3.63, 3.8) is 0 Å². The van der Waals surface area contributed by atoms with E-state index in [0.29, 0.717) is 13.0 Å². The third-order valence-corrected chi connectivity index (χ3v) is 4.10. The zero-order chi connectivity index (χ0) is 17.1. The molecule has 2 atom stereocenters. The predicted octanol–water partition coefficient (Wildman–Crippen LogP) is 4.37. The maximum atomic E-state index is 9.75. The molecule has 0 amide bonds. The van der Waals surface area contributed by atoms with Gasteiger partial charge in [-0.2, -0.15) is 0 Å². The average Bonchev–Trinajstić information content (AvgIpc) is 2.54. The summed E-state index contributed by atoms with van der Waals surface area (Å²) >= 11 is 0. The van der Waals surface area contributed by atoms with Crippen LogP contribution in [0.25, 0.3) is 0 Å². The van der Waals surface area contributed by atoms with Gasteiger partial charge >= 0.3 is 0 Å². The van der Waals surface area contributed by atoms with Crippen LogP contribution in [0.5, 0.6) is 0 Å². The second-order valence-corrected chi connectivity index (χ2v) is 6.70. The normalized spacial score (nSPS) is 22.5. The molecular weight excluding hydrogens is 288 g/mol. The number of terminal acetylenes is 1. The Labute approximate surface area is 141 Å². The van der Waals surface area contributed by atoms with Gasteiger partial charge in [0.25, 0.3) is 0 Å². The van der Waals surface area contributed by atoms with E-state index in [1.54, 1.807) is 6.92 Å². The van der Waals surface area contributed by atoms with Crippen molar-refractivity contribution in [3.05, 3.63) is 23.3 Å². The van der Waals surface area contributed by atoms with Gasteiger partial charge in [-0.05, 0) is 65.7 Å². The summed E-state index contributed by atoms with van der Waals surface area (Å²) in [6.07, 6.45) is 16.5. The third kappa shape index (κ3) is 9.61. The van der Waals surface area contributed by atoms with E-state index in [9.17, 15) is 5.11 Å². The molecule has 1 fully saturated rings. The van der Waals surface area contributed by atoms with Crippen LogP contribution in [0.4, 0.5) is 0 Å².